The summed E-state index contributed by atoms with van der Waals surface area (Å²) in [6, 6.07) is 8.61. The highest BCUT2D eigenvalue weighted by atomic mass is 35.5. The van der Waals surface area contributed by atoms with Gasteiger partial charge in [-0.15, -0.1) is 0 Å². The summed E-state index contributed by atoms with van der Waals surface area (Å²) in [5, 5.41) is 6.29. The van der Waals surface area contributed by atoms with Crippen LogP contribution >= 0.6 is 11.6 Å². The number of para-hydroxylation sites is 1. The molecule has 2 rings (SSSR count). The van der Waals surface area contributed by atoms with Gasteiger partial charge in [0.2, 0.25) is 5.95 Å². The highest BCUT2D eigenvalue weighted by molar-refractivity contribution is 6.33. The van der Waals surface area contributed by atoms with E-state index >= 15 is 0 Å². The molecular formula is C15H18ClN5O. The molecule has 1 amide bonds. The zero-order chi connectivity index (χ0) is 15.9. The van der Waals surface area contributed by atoms with Crippen molar-refractivity contribution in [3.8, 4) is 0 Å². The molecule has 0 atom stereocenters. The molecule has 0 aliphatic rings. The predicted molar refractivity (Wildman–Crippen MR) is 88.5 cm³/mol. The summed E-state index contributed by atoms with van der Waals surface area (Å²) < 4.78 is 0. The molecule has 116 valence electrons. The Hall–Kier alpha value is -2.18. The number of likely N-dealkylation sites (N-methyl/N-ethyl adjacent to an activating group) is 1. The largest absolute Gasteiger partial charge is 0.353 e. The van der Waals surface area contributed by atoms with E-state index in [1.165, 1.54) is 0 Å². The van der Waals surface area contributed by atoms with E-state index in [1.54, 1.807) is 36.5 Å². The molecule has 0 saturated carbocycles. The maximum atomic E-state index is 12.2. The molecule has 0 spiro atoms. The molecule has 2 aromatic rings. The lowest BCUT2D eigenvalue weighted by Crippen LogP contribution is -2.22. The molecule has 22 heavy (non-hydrogen) atoms. The second-order valence-corrected chi connectivity index (χ2v) is 5.34. The number of carbonyl (C=O) groups is 1. The Labute approximate surface area is 134 Å². The third-order valence-electron chi connectivity index (χ3n) is 2.85. The van der Waals surface area contributed by atoms with Gasteiger partial charge in [-0.3, -0.25) is 4.79 Å². The molecule has 0 aliphatic heterocycles. The van der Waals surface area contributed by atoms with E-state index in [0.29, 0.717) is 23.2 Å². The third kappa shape index (κ3) is 4.68. The minimum atomic E-state index is -0.328. The van der Waals surface area contributed by atoms with Crippen molar-refractivity contribution in [1.29, 1.82) is 0 Å². The highest BCUT2D eigenvalue weighted by Crippen LogP contribution is 2.20. The maximum Gasteiger partial charge on any atom is 0.274 e. The van der Waals surface area contributed by atoms with Gasteiger partial charge in [0.1, 0.15) is 5.69 Å². The Balaban J connectivity index is 2.02. The summed E-state index contributed by atoms with van der Waals surface area (Å²) in [6.45, 7) is 1.54. The first-order chi connectivity index (χ1) is 10.6. The van der Waals surface area contributed by atoms with Crippen LogP contribution in [0.25, 0.3) is 0 Å². The van der Waals surface area contributed by atoms with E-state index in [-0.39, 0.29) is 11.6 Å². The summed E-state index contributed by atoms with van der Waals surface area (Å²) in [5.41, 5.74) is 0.831. The Morgan fingerprint density at radius 3 is 2.77 bits per heavy atom. The molecule has 0 saturated heterocycles. The quantitative estimate of drug-likeness (QED) is 0.855. The minimum Gasteiger partial charge on any atom is -0.353 e. The van der Waals surface area contributed by atoms with Crippen LogP contribution in [0.4, 0.5) is 11.6 Å². The van der Waals surface area contributed by atoms with Crippen molar-refractivity contribution in [2.24, 2.45) is 0 Å². The fraction of sp³-hybridized carbons (Fsp3) is 0.267. The van der Waals surface area contributed by atoms with Crippen LogP contribution in [0.5, 0.6) is 0 Å². The van der Waals surface area contributed by atoms with Gasteiger partial charge in [-0.25, -0.2) is 9.97 Å². The van der Waals surface area contributed by atoms with Gasteiger partial charge in [-0.2, -0.15) is 0 Å². The first-order valence-electron chi connectivity index (χ1n) is 6.84. The number of aromatic nitrogens is 2. The lowest BCUT2D eigenvalue weighted by atomic mass is 10.3. The van der Waals surface area contributed by atoms with Crippen molar-refractivity contribution >= 4 is 29.1 Å². The molecule has 1 heterocycles. The number of rotatable bonds is 6. The second-order valence-electron chi connectivity index (χ2n) is 4.93. The van der Waals surface area contributed by atoms with E-state index in [4.69, 9.17) is 11.6 Å². The number of benzene rings is 1. The Morgan fingerprint density at radius 1 is 1.27 bits per heavy atom. The molecule has 0 fully saturated rings. The summed E-state index contributed by atoms with van der Waals surface area (Å²) in [6.07, 6.45) is 1.55. The van der Waals surface area contributed by atoms with Gasteiger partial charge in [0.15, 0.2) is 0 Å². The smallest absolute Gasteiger partial charge is 0.274 e. The van der Waals surface area contributed by atoms with Crippen LogP contribution in [0.1, 0.15) is 10.5 Å². The fourth-order valence-corrected chi connectivity index (χ4v) is 1.89. The van der Waals surface area contributed by atoms with Gasteiger partial charge in [0.05, 0.1) is 10.7 Å². The van der Waals surface area contributed by atoms with Crippen LogP contribution in [0.2, 0.25) is 5.02 Å². The second kappa shape index (κ2) is 7.72. The first-order valence-corrected chi connectivity index (χ1v) is 7.21. The maximum absolute atomic E-state index is 12.2. The molecule has 6 nitrogen and oxygen atoms in total. The molecule has 0 bridgehead atoms. The molecular weight excluding hydrogens is 302 g/mol. The normalized spacial score (nSPS) is 10.5. The van der Waals surface area contributed by atoms with Crippen molar-refractivity contribution in [3.63, 3.8) is 0 Å². The zero-order valence-corrected chi connectivity index (χ0v) is 13.3. The van der Waals surface area contributed by atoms with E-state index in [2.05, 4.69) is 20.6 Å². The molecule has 1 aromatic heterocycles. The van der Waals surface area contributed by atoms with Gasteiger partial charge in [-0.05, 0) is 32.3 Å². The summed E-state index contributed by atoms with van der Waals surface area (Å²) in [4.78, 5) is 22.5. The van der Waals surface area contributed by atoms with Crippen molar-refractivity contribution in [1.82, 2.24) is 14.9 Å². The van der Waals surface area contributed by atoms with Gasteiger partial charge in [0.25, 0.3) is 5.91 Å². The number of amides is 1. The minimum absolute atomic E-state index is 0.280. The average molecular weight is 320 g/mol. The number of hydrogen-bond donors (Lipinski definition) is 2. The standard InChI is InChI=1S/C15H18ClN5O/c1-21(2)10-9-18-15-17-8-7-13(20-15)14(22)19-12-6-4-3-5-11(12)16/h3-8H,9-10H2,1-2H3,(H,19,22)(H,17,18,20). The monoisotopic (exact) mass is 319 g/mol. The zero-order valence-electron chi connectivity index (χ0n) is 12.5. The summed E-state index contributed by atoms with van der Waals surface area (Å²) >= 11 is 6.02. The third-order valence-corrected chi connectivity index (χ3v) is 3.18. The van der Waals surface area contributed by atoms with E-state index in [9.17, 15) is 4.79 Å². The SMILES string of the molecule is CN(C)CCNc1nccc(C(=O)Nc2ccccc2Cl)n1. The predicted octanol–water partition coefficient (Wildman–Crippen LogP) is 2.36. The van der Waals surface area contributed by atoms with Crippen LogP contribution in [0.3, 0.4) is 0 Å². The van der Waals surface area contributed by atoms with Gasteiger partial charge in [0, 0.05) is 19.3 Å². The van der Waals surface area contributed by atoms with Crippen LogP contribution < -0.4 is 10.6 Å². The van der Waals surface area contributed by atoms with Crippen LogP contribution in [-0.2, 0) is 0 Å². The van der Waals surface area contributed by atoms with Crippen molar-refractivity contribution < 1.29 is 4.79 Å². The van der Waals surface area contributed by atoms with Crippen LogP contribution in [-0.4, -0.2) is 48.0 Å². The lowest BCUT2D eigenvalue weighted by molar-refractivity contribution is 0.102. The van der Waals surface area contributed by atoms with Crippen molar-refractivity contribution in [2.75, 3.05) is 37.8 Å². The number of carbonyl (C=O) groups excluding carboxylic acids is 1. The Kier molecular flexibility index (Phi) is 5.68. The van der Waals surface area contributed by atoms with Crippen LogP contribution in [0.15, 0.2) is 36.5 Å². The Morgan fingerprint density at radius 2 is 2.05 bits per heavy atom. The lowest BCUT2D eigenvalue weighted by Gasteiger charge is -2.11. The van der Waals surface area contributed by atoms with E-state index < -0.39 is 0 Å². The molecule has 7 heteroatoms. The van der Waals surface area contributed by atoms with E-state index in [0.717, 1.165) is 6.54 Å². The average Bonchev–Trinajstić information content (AvgIpc) is 2.49. The number of hydrogen-bond acceptors (Lipinski definition) is 5. The van der Waals surface area contributed by atoms with Crippen LogP contribution in [0, 0.1) is 0 Å². The van der Waals surface area contributed by atoms with Gasteiger partial charge >= 0.3 is 0 Å². The van der Waals surface area contributed by atoms with Gasteiger partial charge in [-0.1, -0.05) is 23.7 Å². The van der Waals surface area contributed by atoms with E-state index in [1.807, 2.05) is 19.0 Å². The summed E-state index contributed by atoms with van der Waals surface area (Å²) in [5.74, 6) is 0.0971. The number of nitrogens with one attached hydrogen (secondary N) is 2. The fourth-order valence-electron chi connectivity index (χ4n) is 1.71. The van der Waals surface area contributed by atoms with Crippen molar-refractivity contribution in [3.05, 3.63) is 47.2 Å². The number of halogens is 1. The molecule has 0 unspecified atom stereocenters. The first kappa shape index (κ1) is 16.2. The molecule has 2 N–H and O–H groups in total. The number of anilines is 2. The molecule has 1 aromatic carbocycles. The molecule has 0 aliphatic carbocycles. The van der Waals surface area contributed by atoms with Crippen molar-refractivity contribution in [2.45, 2.75) is 0 Å². The molecule has 0 radical (unpaired) electrons. The van der Waals surface area contributed by atoms with Gasteiger partial charge < -0.3 is 15.5 Å². The summed E-state index contributed by atoms with van der Waals surface area (Å²) in [7, 11) is 3.96. The Bertz CT molecular complexity index is 647. The topological polar surface area (TPSA) is 70.2 Å². The highest BCUT2D eigenvalue weighted by Gasteiger charge is 2.10. The number of nitrogens with zero attached hydrogens (tertiary/aromatic N) is 3.